The lowest BCUT2D eigenvalue weighted by molar-refractivity contribution is -0.124. The average molecular weight is 377 g/mol. The Hall–Kier alpha value is -3.29. The SMILES string of the molecule is COc1cc(C(=O)OCC(=O)NCc2ccccc2F)cc(OC)c1OC. The topological polar surface area (TPSA) is 83.1 Å². The van der Waals surface area contributed by atoms with Crippen LogP contribution in [0.15, 0.2) is 36.4 Å². The molecular formula is C19H20FNO6. The summed E-state index contributed by atoms with van der Waals surface area (Å²) < 4.78 is 34.0. The molecule has 0 atom stereocenters. The van der Waals surface area contributed by atoms with E-state index in [2.05, 4.69) is 5.32 Å². The van der Waals surface area contributed by atoms with Crippen LogP contribution in [0.3, 0.4) is 0 Å². The molecule has 0 aromatic heterocycles. The van der Waals surface area contributed by atoms with Gasteiger partial charge in [-0.2, -0.15) is 0 Å². The molecule has 144 valence electrons. The van der Waals surface area contributed by atoms with Gasteiger partial charge in [0.15, 0.2) is 18.1 Å². The number of esters is 1. The van der Waals surface area contributed by atoms with Crippen molar-refractivity contribution in [1.82, 2.24) is 5.32 Å². The van der Waals surface area contributed by atoms with Crippen LogP contribution in [0.5, 0.6) is 17.2 Å². The quantitative estimate of drug-likeness (QED) is 0.711. The highest BCUT2D eigenvalue weighted by Gasteiger charge is 2.18. The first-order valence-corrected chi connectivity index (χ1v) is 7.97. The molecule has 27 heavy (non-hydrogen) atoms. The Kier molecular flexibility index (Phi) is 6.99. The monoisotopic (exact) mass is 377 g/mol. The van der Waals surface area contributed by atoms with Crippen molar-refractivity contribution in [3.05, 3.63) is 53.3 Å². The van der Waals surface area contributed by atoms with Crippen molar-refractivity contribution >= 4 is 11.9 Å². The molecule has 0 aliphatic heterocycles. The largest absolute Gasteiger partial charge is 0.493 e. The highest BCUT2D eigenvalue weighted by atomic mass is 19.1. The van der Waals surface area contributed by atoms with Gasteiger partial charge in [-0.15, -0.1) is 0 Å². The van der Waals surface area contributed by atoms with Crippen LogP contribution in [0, 0.1) is 5.82 Å². The second kappa shape index (κ2) is 9.42. The molecule has 0 aliphatic rings. The summed E-state index contributed by atoms with van der Waals surface area (Å²) in [6.45, 7) is -0.517. The highest BCUT2D eigenvalue weighted by Crippen LogP contribution is 2.38. The number of hydrogen-bond donors (Lipinski definition) is 1. The summed E-state index contributed by atoms with van der Waals surface area (Å²) in [5.74, 6) is -0.818. The first-order chi connectivity index (χ1) is 13.0. The van der Waals surface area contributed by atoms with E-state index in [0.717, 1.165) is 0 Å². The number of nitrogens with one attached hydrogen (secondary N) is 1. The van der Waals surface area contributed by atoms with E-state index in [9.17, 15) is 14.0 Å². The van der Waals surface area contributed by atoms with E-state index >= 15 is 0 Å². The van der Waals surface area contributed by atoms with Gasteiger partial charge in [0.05, 0.1) is 26.9 Å². The van der Waals surface area contributed by atoms with E-state index in [1.807, 2.05) is 0 Å². The Bertz CT molecular complexity index is 799. The lowest BCUT2D eigenvalue weighted by Gasteiger charge is -2.13. The first kappa shape index (κ1) is 20.0. The van der Waals surface area contributed by atoms with Gasteiger partial charge in [-0.25, -0.2) is 9.18 Å². The number of benzene rings is 2. The predicted molar refractivity (Wildman–Crippen MR) is 94.6 cm³/mol. The second-order valence-corrected chi connectivity index (χ2v) is 5.36. The third-order valence-electron chi connectivity index (χ3n) is 3.67. The summed E-state index contributed by atoms with van der Waals surface area (Å²) >= 11 is 0. The average Bonchev–Trinajstić information content (AvgIpc) is 2.70. The Morgan fingerprint density at radius 1 is 1.00 bits per heavy atom. The molecule has 0 bridgehead atoms. The van der Waals surface area contributed by atoms with Crippen molar-refractivity contribution in [2.24, 2.45) is 0 Å². The minimum Gasteiger partial charge on any atom is -0.493 e. The Morgan fingerprint density at radius 3 is 2.19 bits per heavy atom. The molecule has 0 spiro atoms. The van der Waals surface area contributed by atoms with Crippen LogP contribution < -0.4 is 19.5 Å². The van der Waals surface area contributed by atoms with Crippen molar-refractivity contribution in [2.75, 3.05) is 27.9 Å². The normalized spacial score (nSPS) is 10.1. The summed E-state index contributed by atoms with van der Waals surface area (Å²) in [7, 11) is 4.28. The summed E-state index contributed by atoms with van der Waals surface area (Å²) in [5, 5.41) is 2.48. The van der Waals surface area contributed by atoms with Crippen molar-refractivity contribution < 1.29 is 32.9 Å². The van der Waals surface area contributed by atoms with E-state index in [1.54, 1.807) is 18.2 Å². The van der Waals surface area contributed by atoms with Crippen LogP contribution in [0.1, 0.15) is 15.9 Å². The van der Waals surface area contributed by atoms with Gasteiger partial charge in [0.2, 0.25) is 5.75 Å². The summed E-state index contributed by atoms with van der Waals surface area (Å²) in [4.78, 5) is 24.0. The fraction of sp³-hybridized carbons (Fsp3) is 0.263. The maximum atomic E-state index is 13.5. The Balaban J connectivity index is 1.97. The first-order valence-electron chi connectivity index (χ1n) is 7.97. The number of hydrogen-bond acceptors (Lipinski definition) is 6. The van der Waals surface area contributed by atoms with Gasteiger partial charge in [-0.05, 0) is 18.2 Å². The van der Waals surface area contributed by atoms with E-state index < -0.39 is 24.3 Å². The maximum absolute atomic E-state index is 13.5. The van der Waals surface area contributed by atoms with Crippen molar-refractivity contribution in [3.63, 3.8) is 0 Å². The molecule has 0 saturated heterocycles. The van der Waals surface area contributed by atoms with Gasteiger partial charge in [-0.3, -0.25) is 4.79 Å². The third-order valence-corrected chi connectivity index (χ3v) is 3.67. The standard InChI is InChI=1S/C19H20FNO6/c1-24-15-8-13(9-16(25-2)18(15)26-3)19(23)27-11-17(22)21-10-12-6-4-5-7-14(12)20/h4-9H,10-11H2,1-3H3,(H,21,22). The van der Waals surface area contributed by atoms with Crippen molar-refractivity contribution in [3.8, 4) is 17.2 Å². The third kappa shape index (κ3) is 5.10. The fourth-order valence-electron chi connectivity index (χ4n) is 2.30. The van der Waals surface area contributed by atoms with Gasteiger partial charge in [0.1, 0.15) is 5.82 Å². The lowest BCUT2D eigenvalue weighted by atomic mass is 10.2. The van der Waals surface area contributed by atoms with Crippen LogP contribution in [-0.4, -0.2) is 39.8 Å². The predicted octanol–water partition coefficient (Wildman–Crippen LogP) is 2.32. The lowest BCUT2D eigenvalue weighted by Crippen LogP contribution is -2.28. The van der Waals surface area contributed by atoms with E-state index in [1.165, 1.54) is 39.5 Å². The number of methoxy groups -OCH3 is 3. The molecule has 8 heteroatoms. The van der Waals surface area contributed by atoms with Gasteiger partial charge < -0.3 is 24.3 Å². The number of carbonyl (C=O) groups excluding carboxylic acids is 2. The molecule has 0 saturated carbocycles. The minimum absolute atomic E-state index is 0.00671. The van der Waals surface area contributed by atoms with Gasteiger partial charge in [0, 0.05) is 12.1 Å². The second-order valence-electron chi connectivity index (χ2n) is 5.36. The van der Waals surface area contributed by atoms with Crippen molar-refractivity contribution in [1.29, 1.82) is 0 Å². The number of ether oxygens (including phenoxy) is 4. The van der Waals surface area contributed by atoms with Crippen LogP contribution in [-0.2, 0) is 16.1 Å². The summed E-state index contributed by atoms with van der Waals surface area (Å²) in [6.07, 6.45) is 0. The zero-order chi connectivity index (χ0) is 19.8. The van der Waals surface area contributed by atoms with Gasteiger partial charge >= 0.3 is 5.97 Å². The molecule has 1 N–H and O–H groups in total. The molecule has 0 unspecified atom stereocenters. The maximum Gasteiger partial charge on any atom is 0.338 e. The van der Waals surface area contributed by atoms with E-state index in [-0.39, 0.29) is 23.6 Å². The molecule has 2 rings (SSSR count). The molecule has 0 fully saturated rings. The molecule has 7 nitrogen and oxygen atoms in total. The molecule has 0 heterocycles. The molecule has 2 aromatic carbocycles. The van der Waals surface area contributed by atoms with Gasteiger partial charge in [-0.1, -0.05) is 18.2 Å². The van der Waals surface area contributed by atoms with Crippen LogP contribution >= 0.6 is 0 Å². The Labute approximate surface area is 156 Å². The zero-order valence-corrected chi connectivity index (χ0v) is 15.2. The van der Waals surface area contributed by atoms with Crippen LogP contribution in [0.2, 0.25) is 0 Å². The smallest absolute Gasteiger partial charge is 0.338 e. The number of halogens is 1. The number of carbonyl (C=O) groups is 2. The number of amides is 1. The summed E-state index contributed by atoms with van der Waals surface area (Å²) in [5.41, 5.74) is 0.466. The van der Waals surface area contributed by atoms with Crippen LogP contribution in [0.4, 0.5) is 4.39 Å². The highest BCUT2D eigenvalue weighted by molar-refractivity contribution is 5.92. The Morgan fingerprint density at radius 2 is 1.63 bits per heavy atom. The fourth-order valence-corrected chi connectivity index (χ4v) is 2.30. The molecular weight excluding hydrogens is 357 g/mol. The molecule has 0 radical (unpaired) electrons. The van der Waals surface area contributed by atoms with E-state index in [4.69, 9.17) is 18.9 Å². The zero-order valence-electron chi connectivity index (χ0n) is 15.2. The molecule has 2 aromatic rings. The summed E-state index contributed by atoms with van der Waals surface area (Å²) in [6, 6.07) is 8.90. The van der Waals surface area contributed by atoms with Gasteiger partial charge in [0.25, 0.3) is 5.91 Å². The van der Waals surface area contributed by atoms with Crippen molar-refractivity contribution in [2.45, 2.75) is 6.54 Å². The number of rotatable bonds is 8. The molecule has 0 aliphatic carbocycles. The minimum atomic E-state index is -0.740. The van der Waals surface area contributed by atoms with E-state index in [0.29, 0.717) is 11.3 Å². The van der Waals surface area contributed by atoms with Crippen LogP contribution in [0.25, 0.3) is 0 Å². The molecule has 1 amide bonds.